The lowest BCUT2D eigenvalue weighted by atomic mass is 10.3. The first-order valence-electron chi connectivity index (χ1n) is 4.55. The molecule has 0 bridgehead atoms. The quantitative estimate of drug-likeness (QED) is 0.659. The molecule has 0 amide bonds. The van der Waals surface area contributed by atoms with E-state index in [9.17, 15) is 14.9 Å². The van der Waals surface area contributed by atoms with E-state index in [1.165, 1.54) is 23.0 Å². The number of aromatic carboxylic acids is 1. The number of nitro groups is 1. The molecule has 17 heavy (non-hydrogen) atoms. The molecule has 2 aromatic rings. The number of rotatable bonds is 4. The van der Waals surface area contributed by atoms with E-state index in [1.54, 1.807) is 5.38 Å². The molecule has 0 spiro atoms. The van der Waals surface area contributed by atoms with E-state index in [-0.39, 0.29) is 10.7 Å². The van der Waals surface area contributed by atoms with Crippen LogP contribution >= 0.6 is 11.3 Å². The summed E-state index contributed by atoms with van der Waals surface area (Å²) < 4.78 is 1.39. The summed E-state index contributed by atoms with van der Waals surface area (Å²) in [5, 5.41) is 24.6. The molecule has 2 heterocycles. The van der Waals surface area contributed by atoms with Gasteiger partial charge >= 0.3 is 11.8 Å². The third kappa shape index (κ3) is 2.48. The summed E-state index contributed by atoms with van der Waals surface area (Å²) in [6, 6.07) is 2.82. The molecular weight excluding hydrogens is 246 g/mol. The van der Waals surface area contributed by atoms with E-state index in [2.05, 4.69) is 5.10 Å². The number of aromatic nitrogens is 2. The van der Waals surface area contributed by atoms with Crippen LogP contribution in [-0.4, -0.2) is 25.8 Å². The lowest BCUT2D eigenvalue weighted by Gasteiger charge is -1.92. The summed E-state index contributed by atoms with van der Waals surface area (Å²) >= 11 is 1.12. The smallest absolute Gasteiger partial charge is 0.389 e. The maximum Gasteiger partial charge on any atom is 0.389 e. The number of hydrogen-bond acceptors (Lipinski definition) is 5. The second-order valence-corrected chi connectivity index (χ2v) is 4.16. The average molecular weight is 253 g/mol. The summed E-state index contributed by atoms with van der Waals surface area (Å²) in [7, 11) is 0. The standard InChI is InChI=1S/C9H7N3O4S/c13-9(14)7-3-6(5-17-7)4-11-2-1-8(10-11)12(15)16/h1-3,5H,4H2,(H,13,14). The zero-order chi connectivity index (χ0) is 12.4. The van der Waals surface area contributed by atoms with Crippen LogP contribution in [0.15, 0.2) is 23.7 Å². The molecule has 0 aliphatic rings. The van der Waals surface area contributed by atoms with Gasteiger partial charge in [-0.1, -0.05) is 0 Å². The van der Waals surface area contributed by atoms with E-state index in [1.807, 2.05) is 0 Å². The predicted molar refractivity (Wildman–Crippen MR) is 59.3 cm³/mol. The van der Waals surface area contributed by atoms with Gasteiger partial charge in [0.1, 0.15) is 4.88 Å². The molecule has 0 aliphatic carbocycles. The van der Waals surface area contributed by atoms with E-state index >= 15 is 0 Å². The number of carboxylic acids is 1. The minimum atomic E-state index is -0.979. The summed E-state index contributed by atoms with van der Waals surface area (Å²) in [5.74, 6) is -1.20. The fourth-order valence-corrected chi connectivity index (χ4v) is 2.04. The van der Waals surface area contributed by atoms with Gasteiger partial charge in [-0.25, -0.2) is 4.79 Å². The van der Waals surface area contributed by atoms with E-state index in [4.69, 9.17) is 5.11 Å². The molecule has 0 atom stereocenters. The van der Waals surface area contributed by atoms with Gasteiger partial charge in [-0.15, -0.1) is 11.3 Å². The van der Waals surface area contributed by atoms with Crippen LogP contribution in [0.3, 0.4) is 0 Å². The Hall–Kier alpha value is -2.22. The van der Waals surface area contributed by atoms with Gasteiger partial charge in [0, 0.05) is 0 Å². The van der Waals surface area contributed by atoms with Crippen LogP contribution in [0, 0.1) is 10.1 Å². The van der Waals surface area contributed by atoms with Crippen LogP contribution in [0.1, 0.15) is 15.2 Å². The van der Waals surface area contributed by atoms with E-state index < -0.39 is 10.9 Å². The van der Waals surface area contributed by atoms with Crippen molar-refractivity contribution >= 4 is 23.1 Å². The van der Waals surface area contributed by atoms with Crippen molar-refractivity contribution in [2.24, 2.45) is 0 Å². The second kappa shape index (κ2) is 4.34. The zero-order valence-corrected chi connectivity index (χ0v) is 9.25. The topological polar surface area (TPSA) is 98.3 Å². The highest BCUT2D eigenvalue weighted by Crippen LogP contribution is 2.16. The van der Waals surface area contributed by atoms with Crippen molar-refractivity contribution in [2.75, 3.05) is 0 Å². The molecule has 0 aliphatic heterocycles. The molecule has 0 fully saturated rings. The van der Waals surface area contributed by atoms with Crippen molar-refractivity contribution in [3.05, 3.63) is 44.3 Å². The van der Waals surface area contributed by atoms with Gasteiger partial charge in [-0.3, -0.25) is 0 Å². The third-order valence-electron chi connectivity index (χ3n) is 2.02. The predicted octanol–water partition coefficient (Wildman–Crippen LogP) is 1.60. The minimum Gasteiger partial charge on any atom is -0.477 e. The molecule has 8 heteroatoms. The molecule has 1 N–H and O–H groups in total. The zero-order valence-electron chi connectivity index (χ0n) is 8.44. The Morgan fingerprint density at radius 3 is 2.94 bits per heavy atom. The monoisotopic (exact) mass is 253 g/mol. The van der Waals surface area contributed by atoms with Crippen molar-refractivity contribution in [1.29, 1.82) is 0 Å². The molecule has 88 valence electrons. The Kier molecular flexibility index (Phi) is 2.88. The molecule has 0 aromatic carbocycles. The SMILES string of the molecule is O=C(O)c1cc(Cn2ccc([N+](=O)[O-])n2)cs1. The van der Waals surface area contributed by atoms with Crippen LogP contribution in [0.25, 0.3) is 0 Å². The van der Waals surface area contributed by atoms with Gasteiger partial charge in [-0.2, -0.15) is 4.68 Å². The summed E-state index contributed by atoms with van der Waals surface area (Å²) in [4.78, 5) is 20.7. The minimum absolute atomic E-state index is 0.223. The Morgan fingerprint density at radius 1 is 1.65 bits per heavy atom. The lowest BCUT2D eigenvalue weighted by Crippen LogP contribution is -2.00. The third-order valence-corrected chi connectivity index (χ3v) is 2.99. The van der Waals surface area contributed by atoms with Gasteiger partial charge in [0.15, 0.2) is 0 Å². The average Bonchev–Trinajstić information content (AvgIpc) is 2.87. The second-order valence-electron chi connectivity index (χ2n) is 3.25. The Bertz CT molecular complexity index is 524. The first kappa shape index (κ1) is 11.3. The van der Waals surface area contributed by atoms with Gasteiger partial charge in [0.25, 0.3) is 0 Å². The molecule has 2 aromatic heterocycles. The summed E-state index contributed by atoms with van der Waals surface area (Å²) in [5.41, 5.74) is 0.755. The van der Waals surface area contributed by atoms with Crippen molar-refractivity contribution < 1.29 is 14.8 Å². The van der Waals surface area contributed by atoms with Gasteiger partial charge < -0.3 is 15.2 Å². The molecule has 0 saturated carbocycles. The lowest BCUT2D eigenvalue weighted by molar-refractivity contribution is -0.389. The fraction of sp³-hybridized carbons (Fsp3) is 0.111. The molecular formula is C9H7N3O4S. The maximum absolute atomic E-state index is 10.7. The first-order chi connectivity index (χ1) is 8.06. The molecule has 7 nitrogen and oxygen atoms in total. The van der Waals surface area contributed by atoms with Crippen molar-refractivity contribution in [3.8, 4) is 0 Å². The van der Waals surface area contributed by atoms with Crippen LogP contribution in [0.2, 0.25) is 0 Å². The number of nitrogens with zero attached hydrogens (tertiary/aromatic N) is 3. The summed E-state index contributed by atoms with van der Waals surface area (Å²) in [6.45, 7) is 0.317. The van der Waals surface area contributed by atoms with Gasteiger partial charge in [0.2, 0.25) is 0 Å². The van der Waals surface area contributed by atoms with Crippen LogP contribution in [0.4, 0.5) is 5.82 Å². The molecule has 2 rings (SSSR count). The van der Waals surface area contributed by atoms with Gasteiger partial charge in [0.05, 0.1) is 23.9 Å². The number of hydrogen-bond donors (Lipinski definition) is 1. The van der Waals surface area contributed by atoms with Crippen LogP contribution in [-0.2, 0) is 6.54 Å². The number of carbonyl (C=O) groups is 1. The van der Waals surface area contributed by atoms with Crippen LogP contribution < -0.4 is 0 Å². The maximum atomic E-state index is 10.7. The highest BCUT2D eigenvalue weighted by molar-refractivity contribution is 7.12. The first-order valence-corrected chi connectivity index (χ1v) is 5.43. The van der Waals surface area contributed by atoms with Crippen LogP contribution in [0.5, 0.6) is 0 Å². The highest BCUT2D eigenvalue weighted by atomic mass is 32.1. The molecule has 0 radical (unpaired) electrons. The van der Waals surface area contributed by atoms with E-state index in [0.29, 0.717) is 6.54 Å². The molecule has 0 unspecified atom stereocenters. The van der Waals surface area contributed by atoms with Crippen molar-refractivity contribution in [3.63, 3.8) is 0 Å². The van der Waals surface area contributed by atoms with Gasteiger partial charge in [-0.05, 0) is 21.9 Å². The summed E-state index contributed by atoms with van der Waals surface area (Å²) in [6.07, 6.45) is 1.48. The highest BCUT2D eigenvalue weighted by Gasteiger charge is 2.12. The Labute approximate surface area is 99.1 Å². The number of thiophene rings is 1. The fourth-order valence-electron chi connectivity index (χ4n) is 1.29. The number of carboxylic acid groups (broad SMARTS) is 1. The van der Waals surface area contributed by atoms with Crippen molar-refractivity contribution in [1.82, 2.24) is 9.78 Å². The Morgan fingerprint density at radius 2 is 2.41 bits per heavy atom. The Balaban J connectivity index is 2.13. The largest absolute Gasteiger partial charge is 0.477 e. The van der Waals surface area contributed by atoms with E-state index in [0.717, 1.165) is 16.9 Å². The normalized spacial score (nSPS) is 10.4. The molecule has 0 saturated heterocycles. The van der Waals surface area contributed by atoms with Crippen molar-refractivity contribution in [2.45, 2.75) is 6.54 Å².